The van der Waals surface area contributed by atoms with Crippen LogP contribution in [-0.2, 0) is 20.0 Å². The molecule has 7 heteroatoms. The molecule has 2 aromatic rings. The van der Waals surface area contributed by atoms with E-state index in [0.29, 0.717) is 6.54 Å². The third kappa shape index (κ3) is 6.03. The molecule has 2 N–H and O–H groups in total. The van der Waals surface area contributed by atoms with E-state index < -0.39 is 0 Å². The Labute approximate surface area is 161 Å². The van der Waals surface area contributed by atoms with Crippen molar-refractivity contribution in [1.29, 1.82) is 0 Å². The molecule has 0 aliphatic heterocycles. The summed E-state index contributed by atoms with van der Waals surface area (Å²) in [6.45, 7) is 1.54. The largest absolute Gasteiger partial charge is 0.378 e. The van der Waals surface area contributed by atoms with E-state index >= 15 is 0 Å². The fraction of sp³-hybridized carbons (Fsp3) is 0.412. The second kappa shape index (κ2) is 10.2. The van der Waals surface area contributed by atoms with Crippen molar-refractivity contribution in [3.05, 3.63) is 47.8 Å². The standard InChI is InChI=1S/C17H26N6.HI/c1-18-17(20-13-16-10-12-21-23(16)4)19-11-9-14-5-7-15(8-6-14)22(2)3;/h5-8,10,12H,9,11,13H2,1-4H3,(H2,18,19,20);1H. The molecular weight excluding hydrogens is 415 g/mol. The van der Waals surface area contributed by atoms with Crippen molar-refractivity contribution in [3.63, 3.8) is 0 Å². The van der Waals surface area contributed by atoms with Gasteiger partial charge in [-0.3, -0.25) is 9.67 Å². The molecule has 1 aromatic carbocycles. The molecule has 0 atom stereocenters. The molecule has 24 heavy (non-hydrogen) atoms. The molecule has 0 aliphatic carbocycles. The van der Waals surface area contributed by atoms with Gasteiger partial charge in [-0.15, -0.1) is 24.0 Å². The zero-order chi connectivity index (χ0) is 16.7. The molecule has 0 spiro atoms. The number of aryl methyl sites for hydroxylation is 1. The summed E-state index contributed by atoms with van der Waals surface area (Å²) in [7, 11) is 7.82. The number of aromatic nitrogens is 2. The van der Waals surface area contributed by atoms with E-state index in [1.54, 1.807) is 13.2 Å². The molecule has 0 saturated carbocycles. The average molecular weight is 442 g/mol. The normalized spacial score (nSPS) is 10.9. The minimum Gasteiger partial charge on any atom is -0.378 e. The van der Waals surface area contributed by atoms with Gasteiger partial charge in [0.2, 0.25) is 0 Å². The van der Waals surface area contributed by atoms with Gasteiger partial charge in [0.1, 0.15) is 0 Å². The monoisotopic (exact) mass is 442 g/mol. The number of halogens is 1. The highest BCUT2D eigenvalue weighted by Gasteiger charge is 2.02. The van der Waals surface area contributed by atoms with Gasteiger partial charge in [-0.1, -0.05) is 12.1 Å². The molecule has 0 unspecified atom stereocenters. The number of hydrogen-bond donors (Lipinski definition) is 2. The Morgan fingerprint density at radius 1 is 1.17 bits per heavy atom. The van der Waals surface area contributed by atoms with E-state index in [4.69, 9.17) is 0 Å². The molecule has 1 heterocycles. The Balaban J connectivity index is 0.00000288. The first-order valence-electron chi connectivity index (χ1n) is 7.78. The van der Waals surface area contributed by atoms with Crippen LogP contribution in [0.4, 0.5) is 5.69 Å². The Hall–Kier alpha value is -1.77. The van der Waals surface area contributed by atoms with Crippen molar-refractivity contribution in [2.75, 3.05) is 32.6 Å². The van der Waals surface area contributed by atoms with E-state index in [0.717, 1.165) is 24.6 Å². The molecular formula is C17H27IN6. The van der Waals surface area contributed by atoms with Crippen LogP contribution in [0.15, 0.2) is 41.5 Å². The van der Waals surface area contributed by atoms with Crippen molar-refractivity contribution in [3.8, 4) is 0 Å². The fourth-order valence-electron chi connectivity index (χ4n) is 2.26. The van der Waals surface area contributed by atoms with Crippen molar-refractivity contribution in [1.82, 2.24) is 20.4 Å². The maximum atomic E-state index is 4.24. The molecule has 2 rings (SSSR count). The second-order valence-electron chi connectivity index (χ2n) is 5.61. The highest BCUT2D eigenvalue weighted by molar-refractivity contribution is 14.0. The van der Waals surface area contributed by atoms with Crippen molar-refractivity contribution in [2.45, 2.75) is 13.0 Å². The highest BCUT2D eigenvalue weighted by Crippen LogP contribution is 2.12. The maximum absolute atomic E-state index is 4.24. The quantitative estimate of drug-likeness (QED) is 0.409. The van der Waals surface area contributed by atoms with Crippen LogP contribution in [0.5, 0.6) is 0 Å². The first kappa shape index (κ1) is 20.3. The minimum absolute atomic E-state index is 0. The lowest BCUT2D eigenvalue weighted by atomic mass is 10.1. The third-order valence-electron chi connectivity index (χ3n) is 3.74. The lowest BCUT2D eigenvalue weighted by molar-refractivity contribution is 0.684. The van der Waals surface area contributed by atoms with E-state index in [1.807, 2.05) is 17.8 Å². The molecule has 132 valence electrons. The summed E-state index contributed by atoms with van der Waals surface area (Å²) in [6.07, 6.45) is 2.75. The summed E-state index contributed by atoms with van der Waals surface area (Å²) in [5.74, 6) is 0.802. The van der Waals surface area contributed by atoms with Gasteiger partial charge >= 0.3 is 0 Å². The van der Waals surface area contributed by atoms with Crippen LogP contribution >= 0.6 is 24.0 Å². The van der Waals surface area contributed by atoms with Crippen LogP contribution in [0.1, 0.15) is 11.3 Å². The van der Waals surface area contributed by atoms with E-state index in [-0.39, 0.29) is 24.0 Å². The summed E-state index contributed by atoms with van der Waals surface area (Å²) in [4.78, 5) is 6.35. The van der Waals surface area contributed by atoms with Gasteiger partial charge in [-0.05, 0) is 30.2 Å². The zero-order valence-corrected chi connectivity index (χ0v) is 17.1. The van der Waals surface area contributed by atoms with E-state index in [2.05, 4.69) is 64.0 Å². The van der Waals surface area contributed by atoms with Crippen LogP contribution in [0.2, 0.25) is 0 Å². The Kier molecular flexibility index (Phi) is 8.59. The molecule has 0 fully saturated rings. The number of guanidine groups is 1. The number of rotatable bonds is 6. The molecule has 0 amide bonds. The predicted octanol–water partition coefficient (Wildman–Crippen LogP) is 2.01. The van der Waals surface area contributed by atoms with Gasteiger partial charge in [-0.2, -0.15) is 5.10 Å². The van der Waals surface area contributed by atoms with Crippen LogP contribution < -0.4 is 15.5 Å². The zero-order valence-electron chi connectivity index (χ0n) is 14.8. The van der Waals surface area contributed by atoms with Gasteiger partial charge in [0.05, 0.1) is 12.2 Å². The fourth-order valence-corrected chi connectivity index (χ4v) is 2.26. The van der Waals surface area contributed by atoms with Crippen LogP contribution in [0, 0.1) is 0 Å². The van der Waals surface area contributed by atoms with Crippen LogP contribution in [-0.4, -0.2) is 43.4 Å². The third-order valence-corrected chi connectivity index (χ3v) is 3.74. The smallest absolute Gasteiger partial charge is 0.191 e. The Bertz CT molecular complexity index is 633. The summed E-state index contributed by atoms with van der Waals surface area (Å²) < 4.78 is 1.85. The predicted molar refractivity (Wildman–Crippen MR) is 111 cm³/mol. The summed E-state index contributed by atoms with van der Waals surface area (Å²) in [5, 5.41) is 10.8. The topological polar surface area (TPSA) is 57.5 Å². The number of hydrogen-bond acceptors (Lipinski definition) is 3. The van der Waals surface area contributed by atoms with Crippen LogP contribution in [0.3, 0.4) is 0 Å². The lowest BCUT2D eigenvalue weighted by Gasteiger charge is -2.14. The molecule has 0 saturated heterocycles. The van der Waals surface area contributed by atoms with Gasteiger partial charge in [-0.25, -0.2) is 0 Å². The summed E-state index contributed by atoms with van der Waals surface area (Å²) in [5.41, 5.74) is 3.65. The van der Waals surface area contributed by atoms with Crippen molar-refractivity contribution >= 4 is 35.6 Å². The van der Waals surface area contributed by atoms with E-state index in [1.165, 1.54) is 11.3 Å². The van der Waals surface area contributed by atoms with Crippen molar-refractivity contribution < 1.29 is 0 Å². The SMILES string of the molecule is CN=C(NCCc1ccc(N(C)C)cc1)NCc1ccnn1C.I. The molecule has 1 aromatic heterocycles. The first-order chi connectivity index (χ1) is 11.1. The number of anilines is 1. The maximum Gasteiger partial charge on any atom is 0.191 e. The Morgan fingerprint density at radius 3 is 2.42 bits per heavy atom. The summed E-state index contributed by atoms with van der Waals surface area (Å²) >= 11 is 0. The van der Waals surface area contributed by atoms with Gasteiger partial charge in [0, 0.05) is 46.6 Å². The molecule has 0 bridgehead atoms. The minimum atomic E-state index is 0. The molecule has 6 nitrogen and oxygen atoms in total. The molecule has 0 radical (unpaired) electrons. The first-order valence-corrected chi connectivity index (χ1v) is 7.78. The molecule has 0 aliphatic rings. The van der Waals surface area contributed by atoms with Gasteiger partial charge in [0.25, 0.3) is 0 Å². The van der Waals surface area contributed by atoms with E-state index in [9.17, 15) is 0 Å². The highest BCUT2D eigenvalue weighted by atomic mass is 127. The number of benzene rings is 1. The summed E-state index contributed by atoms with van der Waals surface area (Å²) in [6, 6.07) is 10.6. The lowest BCUT2D eigenvalue weighted by Crippen LogP contribution is -2.38. The number of nitrogens with zero attached hydrogens (tertiary/aromatic N) is 4. The van der Waals surface area contributed by atoms with Gasteiger partial charge < -0.3 is 15.5 Å². The van der Waals surface area contributed by atoms with Crippen molar-refractivity contribution in [2.24, 2.45) is 12.0 Å². The van der Waals surface area contributed by atoms with Crippen LogP contribution in [0.25, 0.3) is 0 Å². The number of nitrogens with one attached hydrogen (secondary N) is 2. The van der Waals surface area contributed by atoms with Gasteiger partial charge in [0.15, 0.2) is 5.96 Å². The average Bonchev–Trinajstić information content (AvgIpc) is 2.96. The Morgan fingerprint density at radius 2 is 1.88 bits per heavy atom. The second-order valence-corrected chi connectivity index (χ2v) is 5.61. The number of aliphatic imine (C=N–C) groups is 1.